The number of benzene rings is 1. The number of aryl methyl sites for hydroxylation is 1. The van der Waals surface area contributed by atoms with E-state index in [2.05, 4.69) is 0 Å². The van der Waals surface area contributed by atoms with Crippen LogP contribution in [0, 0.1) is 17.0 Å². The van der Waals surface area contributed by atoms with Crippen LogP contribution in [0.3, 0.4) is 0 Å². The second kappa shape index (κ2) is 5.72. The Morgan fingerprint density at radius 1 is 1.41 bits per heavy atom. The molecule has 0 aliphatic heterocycles. The van der Waals surface area contributed by atoms with E-state index in [0.717, 1.165) is 0 Å². The van der Waals surface area contributed by atoms with Crippen molar-refractivity contribution < 1.29 is 20.2 Å². The first-order chi connectivity index (χ1) is 7.99. The molecule has 1 aromatic carbocycles. The van der Waals surface area contributed by atoms with E-state index in [1.807, 2.05) is 0 Å². The Bertz CT molecular complexity index is 407. The van der Waals surface area contributed by atoms with Gasteiger partial charge in [0.15, 0.2) is 0 Å². The molecule has 2 unspecified atom stereocenters. The maximum atomic E-state index is 10.9. The zero-order valence-corrected chi connectivity index (χ0v) is 9.41. The van der Waals surface area contributed by atoms with Crippen LogP contribution in [0.1, 0.15) is 23.7 Å². The second-order valence-electron chi connectivity index (χ2n) is 3.79. The molecule has 0 radical (unpaired) electrons. The Balaban J connectivity index is 3.13. The van der Waals surface area contributed by atoms with E-state index < -0.39 is 17.1 Å². The van der Waals surface area contributed by atoms with E-state index in [9.17, 15) is 20.3 Å². The number of nitro benzene ring substituents is 1. The van der Waals surface area contributed by atoms with Gasteiger partial charge in [-0.1, -0.05) is 12.1 Å². The molecule has 2 atom stereocenters. The summed E-state index contributed by atoms with van der Waals surface area (Å²) in [6.45, 7) is 1.27. The summed E-state index contributed by atoms with van der Waals surface area (Å²) in [5, 5.41) is 38.9. The fourth-order valence-corrected chi connectivity index (χ4v) is 1.67. The molecule has 0 amide bonds. The van der Waals surface area contributed by atoms with Crippen molar-refractivity contribution in [3.8, 4) is 0 Å². The van der Waals surface area contributed by atoms with Crippen LogP contribution in [0.2, 0.25) is 0 Å². The van der Waals surface area contributed by atoms with E-state index in [-0.39, 0.29) is 24.3 Å². The maximum absolute atomic E-state index is 10.9. The predicted molar refractivity (Wildman–Crippen MR) is 60.5 cm³/mol. The van der Waals surface area contributed by atoms with Crippen LogP contribution >= 0.6 is 0 Å². The third-order valence-corrected chi connectivity index (χ3v) is 2.56. The van der Waals surface area contributed by atoms with Crippen LogP contribution in [0.5, 0.6) is 0 Å². The third kappa shape index (κ3) is 3.00. The molecule has 1 aromatic rings. The van der Waals surface area contributed by atoms with Crippen LogP contribution in [-0.4, -0.2) is 33.0 Å². The summed E-state index contributed by atoms with van der Waals surface area (Å²) < 4.78 is 0. The quantitative estimate of drug-likeness (QED) is 0.519. The first-order valence-electron chi connectivity index (χ1n) is 5.20. The fourth-order valence-electron chi connectivity index (χ4n) is 1.67. The van der Waals surface area contributed by atoms with Crippen LogP contribution in [0.25, 0.3) is 0 Å². The number of rotatable bonds is 5. The average Bonchev–Trinajstić information content (AvgIpc) is 2.27. The highest BCUT2D eigenvalue weighted by molar-refractivity contribution is 5.48. The molecule has 0 saturated heterocycles. The van der Waals surface area contributed by atoms with Gasteiger partial charge < -0.3 is 15.3 Å². The summed E-state index contributed by atoms with van der Waals surface area (Å²) in [7, 11) is 0. The summed E-state index contributed by atoms with van der Waals surface area (Å²) in [5.74, 6) is 0. The predicted octanol–water partition coefficient (Wildman–Crippen LogP) is 0.680. The number of aliphatic hydroxyl groups excluding tert-OH is 3. The number of aliphatic hydroxyl groups is 3. The highest BCUT2D eigenvalue weighted by atomic mass is 16.6. The zero-order valence-electron chi connectivity index (χ0n) is 9.41. The van der Waals surface area contributed by atoms with Gasteiger partial charge in [-0.25, -0.2) is 0 Å². The molecule has 0 aliphatic carbocycles. The first kappa shape index (κ1) is 13.6. The monoisotopic (exact) mass is 241 g/mol. The van der Waals surface area contributed by atoms with E-state index >= 15 is 0 Å². The molecule has 17 heavy (non-hydrogen) atoms. The Morgan fingerprint density at radius 2 is 2.06 bits per heavy atom. The molecule has 1 rings (SSSR count). The Morgan fingerprint density at radius 3 is 2.59 bits per heavy atom. The minimum absolute atomic E-state index is 0.0355. The number of nitrogens with zero attached hydrogens (tertiary/aromatic N) is 1. The Kier molecular flexibility index (Phi) is 4.56. The first-order valence-corrected chi connectivity index (χ1v) is 5.20. The SMILES string of the molecule is Cc1cccc(C(O)C(O)CCO)c1[N+](=O)[O-]. The van der Waals surface area contributed by atoms with Gasteiger partial charge in [-0.2, -0.15) is 0 Å². The highest BCUT2D eigenvalue weighted by Crippen LogP contribution is 2.30. The fraction of sp³-hybridized carbons (Fsp3) is 0.455. The van der Waals surface area contributed by atoms with Crippen molar-refractivity contribution >= 4 is 5.69 Å². The van der Waals surface area contributed by atoms with Crippen LogP contribution in [0.15, 0.2) is 18.2 Å². The largest absolute Gasteiger partial charge is 0.396 e. The van der Waals surface area contributed by atoms with Gasteiger partial charge in [0.1, 0.15) is 6.10 Å². The number of nitro groups is 1. The standard InChI is InChI=1S/C11H15NO5/c1-7-3-2-4-8(10(7)12(16)17)11(15)9(14)5-6-13/h2-4,9,11,13-15H,5-6H2,1H3. The van der Waals surface area contributed by atoms with Gasteiger partial charge in [-0.3, -0.25) is 10.1 Å². The maximum Gasteiger partial charge on any atom is 0.278 e. The summed E-state index contributed by atoms with van der Waals surface area (Å²) in [6.07, 6.45) is -2.63. The molecule has 0 heterocycles. The van der Waals surface area contributed by atoms with Crippen molar-refractivity contribution in [3.63, 3.8) is 0 Å². The summed E-state index contributed by atoms with van der Waals surface area (Å²) in [4.78, 5) is 10.3. The van der Waals surface area contributed by atoms with Gasteiger partial charge in [0, 0.05) is 12.2 Å². The molecule has 3 N–H and O–H groups in total. The van der Waals surface area contributed by atoms with Gasteiger partial charge in [-0.15, -0.1) is 0 Å². The molecule has 0 fully saturated rings. The van der Waals surface area contributed by atoms with E-state index in [4.69, 9.17) is 5.11 Å². The van der Waals surface area contributed by atoms with E-state index in [1.54, 1.807) is 19.1 Å². The van der Waals surface area contributed by atoms with E-state index in [0.29, 0.717) is 5.56 Å². The molecule has 0 bridgehead atoms. The van der Waals surface area contributed by atoms with Crippen LogP contribution in [-0.2, 0) is 0 Å². The number of hydrogen-bond acceptors (Lipinski definition) is 5. The number of hydrogen-bond donors (Lipinski definition) is 3. The average molecular weight is 241 g/mol. The lowest BCUT2D eigenvalue weighted by Crippen LogP contribution is -2.20. The molecular weight excluding hydrogens is 226 g/mol. The molecule has 0 aromatic heterocycles. The topological polar surface area (TPSA) is 104 Å². The lowest BCUT2D eigenvalue weighted by Gasteiger charge is -2.17. The summed E-state index contributed by atoms with van der Waals surface area (Å²) in [6, 6.07) is 4.54. The molecular formula is C11H15NO5. The smallest absolute Gasteiger partial charge is 0.278 e. The van der Waals surface area contributed by atoms with Crippen LogP contribution < -0.4 is 0 Å². The van der Waals surface area contributed by atoms with Crippen molar-refractivity contribution in [2.45, 2.75) is 25.6 Å². The minimum atomic E-state index is -1.37. The molecule has 0 saturated carbocycles. The Labute approximate surface area is 98.3 Å². The normalized spacial score (nSPS) is 14.4. The molecule has 0 aliphatic rings. The molecule has 6 heteroatoms. The molecule has 94 valence electrons. The summed E-state index contributed by atoms with van der Waals surface area (Å²) in [5.41, 5.74) is 0.288. The van der Waals surface area contributed by atoms with Gasteiger partial charge in [0.05, 0.1) is 16.6 Å². The highest BCUT2D eigenvalue weighted by Gasteiger charge is 2.27. The Hall–Kier alpha value is -1.50. The minimum Gasteiger partial charge on any atom is -0.396 e. The van der Waals surface area contributed by atoms with E-state index in [1.165, 1.54) is 6.07 Å². The van der Waals surface area contributed by atoms with Crippen molar-refractivity contribution in [1.82, 2.24) is 0 Å². The third-order valence-electron chi connectivity index (χ3n) is 2.56. The second-order valence-corrected chi connectivity index (χ2v) is 3.79. The van der Waals surface area contributed by atoms with Gasteiger partial charge in [0.2, 0.25) is 0 Å². The molecule has 0 spiro atoms. The van der Waals surface area contributed by atoms with Gasteiger partial charge >= 0.3 is 0 Å². The zero-order chi connectivity index (χ0) is 13.0. The lowest BCUT2D eigenvalue weighted by molar-refractivity contribution is -0.386. The van der Waals surface area contributed by atoms with Crippen molar-refractivity contribution in [1.29, 1.82) is 0 Å². The van der Waals surface area contributed by atoms with Crippen molar-refractivity contribution in [3.05, 3.63) is 39.4 Å². The van der Waals surface area contributed by atoms with Gasteiger partial charge in [0.25, 0.3) is 5.69 Å². The molecule has 6 nitrogen and oxygen atoms in total. The van der Waals surface area contributed by atoms with Gasteiger partial charge in [-0.05, 0) is 19.4 Å². The van der Waals surface area contributed by atoms with Crippen molar-refractivity contribution in [2.75, 3.05) is 6.61 Å². The number of para-hydroxylation sites is 1. The van der Waals surface area contributed by atoms with Crippen LogP contribution in [0.4, 0.5) is 5.69 Å². The van der Waals surface area contributed by atoms with Crippen molar-refractivity contribution in [2.24, 2.45) is 0 Å². The summed E-state index contributed by atoms with van der Waals surface area (Å²) >= 11 is 0. The lowest BCUT2D eigenvalue weighted by atomic mass is 9.98.